The summed E-state index contributed by atoms with van der Waals surface area (Å²) in [5.41, 5.74) is 6.77. The number of nitro groups is 1. The summed E-state index contributed by atoms with van der Waals surface area (Å²) in [5.74, 6) is 0. The number of nitrogen functional groups attached to an aromatic ring is 1. The second-order valence-electron chi connectivity index (χ2n) is 3.30. The highest BCUT2D eigenvalue weighted by Gasteiger charge is 2.12. The number of anilines is 2. The zero-order valence-electron chi connectivity index (χ0n) is 9.09. The van der Waals surface area contributed by atoms with Crippen LogP contribution in [0.25, 0.3) is 0 Å². The van der Waals surface area contributed by atoms with Crippen molar-refractivity contribution in [3.63, 3.8) is 0 Å². The van der Waals surface area contributed by atoms with E-state index < -0.39 is 4.92 Å². The van der Waals surface area contributed by atoms with Crippen molar-refractivity contribution in [1.29, 1.82) is 0 Å². The molecule has 0 aliphatic rings. The normalized spacial score (nSPS) is 10.1. The van der Waals surface area contributed by atoms with E-state index in [0.717, 1.165) is 0 Å². The van der Waals surface area contributed by atoms with Crippen molar-refractivity contribution in [2.45, 2.75) is 6.92 Å². The fraction of sp³-hybridized carbons (Fsp3) is 0.400. The van der Waals surface area contributed by atoms with Crippen molar-refractivity contribution in [1.82, 2.24) is 0 Å². The Morgan fingerprint density at radius 3 is 2.69 bits per heavy atom. The number of likely N-dealkylation sites (N-methyl/N-ethyl adjacent to an activating group) is 1. The zero-order chi connectivity index (χ0) is 12.1. The van der Waals surface area contributed by atoms with Gasteiger partial charge in [-0.1, -0.05) is 0 Å². The minimum Gasteiger partial charge on any atom is -0.397 e. The van der Waals surface area contributed by atoms with E-state index in [1.807, 2.05) is 11.8 Å². The van der Waals surface area contributed by atoms with Gasteiger partial charge in [-0.2, -0.15) is 0 Å². The van der Waals surface area contributed by atoms with Crippen LogP contribution in [-0.4, -0.2) is 29.7 Å². The standard InChI is InChI=1S/C10H15N3O3/c1-2-12(5-6-14)10-4-3-8(13(15)16)7-9(10)11/h3-4,7,14H,2,5-6,11H2,1H3. The van der Waals surface area contributed by atoms with E-state index in [-0.39, 0.29) is 12.3 Å². The van der Waals surface area contributed by atoms with Gasteiger partial charge >= 0.3 is 0 Å². The molecule has 0 atom stereocenters. The van der Waals surface area contributed by atoms with Gasteiger partial charge in [0.25, 0.3) is 5.69 Å². The van der Waals surface area contributed by atoms with Crippen molar-refractivity contribution >= 4 is 17.1 Å². The second kappa shape index (κ2) is 5.32. The molecule has 0 aliphatic heterocycles. The monoisotopic (exact) mass is 225 g/mol. The highest BCUT2D eigenvalue weighted by molar-refractivity contribution is 5.70. The van der Waals surface area contributed by atoms with Gasteiger partial charge in [-0.3, -0.25) is 10.1 Å². The third kappa shape index (κ3) is 2.60. The average molecular weight is 225 g/mol. The molecular formula is C10H15N3O3. The third-order valence-electron chi connectivity index (χ3n) is 2.31. The maximum atomic E-state index is 10.5. The Morgan fingerprint density at radius 2 is 2.25 bits per heavy atom. The molecule has 0 bridgehead atoms. The fourth-order valence-electron chi connectivity index (χ4n) is 1.51. The maximum Gasteiger partial charge on any atom is 0.271 e. The van der Waals surface area contributed by atoms with Crippen molar-refractivity contribution in [2.24, 2.45) is 0 Å². The highest BCUT2D eigenvalue weighted by atomic mass is 16.6. The Balaban J connectivity index is 3.01. The molecule has 1 aromatic carbocycles. The number of nitrogens with two attached hydrogens (primary N) is 1. The second-order valence-corrected chi connectivity index (χ2v) is 3.30. The molecule has 0 heterocycles. The first-order valence-corrected chi connectivity index (χ1v) is 4.99. The first kappa shape index (κ1) is 12.3. The molecule has 0 radical (unpaired) electrons. The van der Waals surface area contributed by atoms with Crippen LogP contribution in [0.3, 0.4) is 0 Å². The quantitative estimate of drug-likeness (QED) is 0.443. The molecule has 0 fully saturated rings. The topological polar surface area (TPSA) is 92.6 Å². The SMILES string of the molecule is CCN(CCO)c1ccc([N+](=O)[O-])cc1N. The molecule has 16 heavy (non-hydrogen) atoms. The average Bonchev–Trinajstić information content (AvgIpc) is 2.26. The molecule has 0 saturated heterocycles. The lowest BCUT2D eigenvalue weighted by molar-refractivity contribution is -0.384. The number of non-ortho nitro benzene ring substituents is 1. The van der Waals surface area contributed by atoms with Gasteiger partial charge in [0.15, 0.2) is 0 Å². The number of hydrogen-bond donors (Lipinski definition) is 2. The molecule has 6 nitrogen and oxygen atoms in total. The molecule has 6 heteroatoms. The Bertz CT molecular complexity index is 382. The fourth-order valence-corrected chi connectivity index (χ4v) is 1.51. The molecule has 3 N–H and O–H groups in total. The Hall–Kier alpha value is -1.82. The molecule has 0 saturated carbocycles. The summed E-state index contributed by atoms with van der Waals surface area (Å²) in [6.07, 6.45) is 0. The number of nitrogens with zero attached hydrogens (tertiary/aromatic N) is 2. The Labute approximate surface area is 93.4 Å². The van der Waals surface area contributed by atoms with E-state index in [4.69, 9.17) is 10.8 Å². The molecule has 88 valence electrons. The van der Waals surface area contributed by atoms with Crippen LogP contribution in [0.2, 0.25) is 0 Å². The van der Waals surface area contributed by atoms with Gasteiger partial charge in [0.2, 0.25) is 0 Å². The van der Waals surface area contributed by atoms with Crippen LogP contribution in [0.4, 0.5) is 17.1 Å². The van der Waals surface area contributed by atoms with Gasteiger partial charge < -0.3 is 15.7 Å². The van der Waals surface area contributed by atoms with Crippen molar-refractivity contribution in [3.05, 3.63) is 28.3 Å². The van der Waals surface area contributed by atoms with Crippen LogP contribution in [-0.2, 0) is 0 Å². The van der Waals surface area contributed by atoms with Gasteiger partial charge in [-0.05, 0) is 13.0 Å². The first-order valence-electron chi connectivity index (χ1n) is 4.99. The largest absolute Gasteiger partial charge is 0.397 e. The van der Waals surface area contributed by atoms with Crippen LogP contribution in [0.15, 0.2) is 18.2 Å². The van der Waals surface area contributed by atoms with Crippen molar-refractivity contribution in [3.8, 4) is 0 Å². The number of nitro benzene ring substituents is 1. The van der Waals surface area contributed by atoms with Crippen LogP contribution >= 0.6 is 0 Å². The summed E-state index contributed by atoms with van der Waals surface area (Å²) in [6.45, 7) is 3.09. The molecule has 0 amide bonds. The number of aliphatic hydroxyl groups is 1. The number of aliphatic hydroxyl groups excluding tert-OH is 1. The summed E-state index contributed by atoms with van der Waals surface area (Å²) >= 11 is 0. The lowest BCUT2D eigenvalue weighted by atomic mass is 10.2. The highest BCUT2D eigenvalue weighted by Crippen LogP contribution is 2.27. The molecule has 1 aromatic rings. The van der Waals surface area contributed by atoms with Gasteiger partial charge in [-0.15, -0.1) is 0 Å². The molecule has 0 aromatic heterocycles. The van der Waals surface area contributed by atoms with Crippen molar-refractivity contribution < 1.29 is 10.0 Å². The van der Waals surface area contributed by atoms with E-state index >= 15 is 0 Å². The van der Waals surface area contributed by atoms with E-state index in [9.17, 15) is 10.1 Å². The third-order valence-corrected chi connectivity index (χ3v) is 2.31. The van der Waals surface area contributed by atoms with Gasteiger partial charge in [0.1, 0.15) is 0 Å². The summed E-state index contributed by atoms with van der Waals surface area (Å²) in [6, 6.07) is 4.34. The predicted molar refractivity (Wildman–Crippen MR) is 62.5 cm³/mol. The first-order chi connectivity index (χ1) is 7.60. The maximum absolute atomic E-state index is 10.5. The van der Waals surface area contributed by atoms with Gasteiger partial charge in [0, 0.05) is 25.2 Å². The summed E-state index contributed by atoms with van der Waals surface area (Å²) in [5, 5.41) is 19.4. The summed E-state index contributed by atoms with van der Waals surface area (Å²) < 4.78 is 0. The van der Waals surface area contributed by atoms with Crippen LogP contribution in [0, 0.1) is 10.1 Å². The minimum absolute atomic E-state index is 0.0181. The van der Waals surface area contributed by atoms with Crippen molar-refractivity contribution in [2.75, 3.05) is 30.3 Å². The molecule has 0 aliphatic carbocycles. The van der Waals surface area contributed by atoms with Crippen LogP contribution in [0.1, 0.15) is 6.92 Å². The van der Waals surface area contributed by atoms with Crippen LogP contribution < -0.4 is 10.6 Å². The summed E-state index contributed by atoms with van der Waals surface area (Å²) in [7, 11) is 0. The van der Waals surface area contributed by atoms with E-state index in [0.29, 0.717) is 24.5 Å². The van der Waals surface area contributed by atoms with Crippen LogP contribution in [0.5, 0.6) is 0 Å². The van der Waals surface area contributed by atoms with Gasteiger partial charge in [0.05, 0.1) is 22.9 Å². The van der Waals surface area contributed by atoms with Gasteiger partial charge in [-0.25, -0.2) is 0 Å². The zero-order valence-corrected chi connectivity index (χ0v) is 9.09. The Morgan fingerprint density at radius 1 is 1.56 bits per heavy atom. The molecule has 0 unspecified atom stereocenters. The molecular weight excluding hydrogens is 210 g/mol. The minimum atomic E-state index is -0.484. The molecule has 1 rings (SSSR count). The number of hydrogen-bond acceptors (Lipinski definition) is 5. The van der Waals surface area contributed by atoms with E-state index in [1.165, 1.54) is 12.1 Å². The smallest absolute Gasteiger partial charge is 0.271 e. The molecule has 0 spiro atoms. The Kier molecular flexibility index (Phi) is 4.07. The predicted octanol–water partition coefficient (Wildman–Crippen LogP) is 0.996. The van der Waals surface area contributed by atoms with E-state index in [1.54, 1.807) is 6.07 Å². The lowest BCUT2D eigenvalue weighted by Gasteiger charge is -2.23. The number of rotatable bonds is 5. The summed E-state index contributed by atoms with van der Waals surface area (Å²) in [4.78, 5) is 11.9. The lowest BCUT2D eigenvalue weighted by Crippen LogP contribution is -2.26. The van der Waals surface area contributed by atoms with E-state index in [2.05, 4.69) is 0 Å². The number of benzene rings is 1.